The number of nitrogens with one attached hydrogen (secondary N) is 1. The van der Waals surface area contributed by atoms with Gasteiger partial charge in [-0.1, -0.05) is 0 Å². The van der Waals surface area contributed by atoms with Crippen molar-refractivity contribution in [3.05, 3.63) is 26.9 Å². The molecule has 1 aliphatic rings. The number of rotatable bonds is 4. The van der Waals surface area contributed by atoms with Crippen molar-refractivity contribution in [1.82, 2.24) is 9.55 Å². The Morgan fingerprint density at radius 1 is 1.50 bits per heavy atom. The van der Waals surface area contributed by atoms with E-state index in [1.807, 2.05) is 0 Å². The molecule has 0 saturated carbocycles. The molecule has 0 spiro atoms. The lowest BCUT2D eigenvalue weighted by atomic mass is 10.1. The fourth-order valence-electron chi connectivity index (χ4n) is 2.03. The van der Waals surface area contributed by atoms with E-state index in [2.05, 4.69) is 9.51 Å². The minimum atomic E-state index is -3.78. The summed E-state index contributed by atoms with van der Waals surface area (Å²) in [5, 5.41) is 20.0. The fraction of sp³-hybridized carbons (Fsp3) is 0.600. The van der Waals surface area contributed by atoms with Gasteiger partial charge in [-0.3, -0.25) is 18.9 Å². The number of aliphatic hydroxyl groups excluding tert-OH is 2. The van der Waals surface area contributed by atoms with Gasteiger partial charge >= 0.3 is 6.07 Å². The van der Waals surface area contributed by atoms with Gasteiger partial charge in [0.2, 0.25) is 0 Å². The second-order valence-electron chi connectivity index (χ2n) is 4.74. The zero-order chi connectivity index (χ0) is 16.7. The summed E-state index contributed by atoms with van der Waals surface area (Å²) in [6.45, 7) is 1.17. The van der Waals surface area contributed by atoms with Crippen LogP contribution in [0.3, 0.4) is 0 Å². The lowest BCUT2D eigenvalue weighted by molar-refractivity contribution is -0.0498. The van der Waals surface area contributed by atoms with Crippen LogP contribution in [0.25, 0.3) is 0 Å². The SMILES string of the molecule is Cc1cn([C@@H]2O[C@H](COP(=O)(Cl)Cl)[C@H](O)[C@@H]2O)c(=S)[nH]c1=O. The molecule has 124 valence electrons. The van der Waals surface area contributed by atoms with Crippen molar-refractivity contribution >= 4 is 40.8 Å². The van der Waals surface area contributed by atoms with Crippen LogP contribution >= 0.6 is 40.8 Å². The van der Waals surface area contributed by atoms with Crippen LogP contribution in [0, 0.1) is 11.7 Å². The molecule has 0 amide bonds. The minimum Gasteiger partial charge on any atom is -0.387 e. The first-order chi connectivity index (χ1) is 10.1. The third kappa shape index (κ3) is 3.98. The number of ether oxygens (including phenoxy) is 1. The molecule has 3 N–H and O–H groups in total. The number of aliphatic hydroxyl groups is 2. The van der Waals surface area contributed by atoms with Crippen molar-refractivity contribution in [3.63, 3.8) is 0 Å². The highest BCUT2D eigenvalue weighted by Crippen LogP contribution is 2.57. The van der Waals surface area contributed by atoms with E-state index < -0.39 is 30.6 Å². The summed E-state index contributed by atoms with van der Waals surface area (Å²) < 4.78 is 22.6. The number of hydrogen-bond donors (Lipinski definition) is 3. The Hall–Kier alpha value is -0.250. The van der Waals surface area contributed by atoms with Gasteiger partial charge in [0.05, 0.1) is 6.61 Å². The van der Waals surface area contributed by atoms with Crippen LogP contribution in [-0.4, -0.2) is 44.7 Å². The van der Waals surface area contributed by atoms with E-state index in [1.165, 1.54) is 10.8 Å². The smallest absolute Gasteiger partial charge is 0.380 e. The lowest BCUT2D eigenvalue weighted by Gasteiger charge is -2.18. The van der Waals surface area contributed by atoms with Gasteiger partial charge in [-0.05, 0) is 41.6 Å². The number of hydrogen-bond acceptors (Lipinski definition) is 7. The van der Waals surface area contributed by atoms with Gasteiger partial charge in [-0.2, -0.15) is 0 Å². The molecular weight excluding hydrogens is 378 g/mol. The molecule has 0 radical (unpaired) electrons. The molecule has 0 aromatic carbocycles. The number of halogens is 2. The summed E-state index contributed by atoms with van der Waals surface area (Å²) in [5.74, 6) is 0. The Bertz CT molecular complexity index is 718. The quantitative estimate of drug-likeness (QED) is 0.526. The second-order valence-corrected chi connectivity index (χ2v) is 9.40. The van der Waals surface area contributed by atoms with Crippen molar-refractivity contribution in [2.45, 2.75) is 31.5 Å². The minimum absolute atomic E-state index is 0.0220. The van der Waals surface area contributed by atoms with Crippen LogP contribution in [-0.2, 0) is 13.8 Å². The summed E-state index contributed by atoms with van der Waals surface area (Å²) in [4.78, 5) is 13.9. The standard InChI is InChI=1S/C10H13Cl2N2O6PS/c1-4-2-14(10(22)13-8(4)17)9-7(16)6(15)5(20-9)3-19-21(11,12)18/h2,5-7,9,15-16H,3H2,1H3,(H,13,17,22)/t5-,6+,7+,9-/m1/s1. The molecular formula is C10H13Cl2N2O6PS. The molecule has 4 atom stereocenters. The molecule has 2 rings (SSSR count). The normalized spacial score (nSPS) is 29.0. The number of aromatic amines is 1. The number of aryl methyl sites for hydroxylation is 1. The van der Waals surface area contributed by atoms with Gasteiger partial charge in [0, 0.05) is 11.8 Å². The van der Waals surface area contributed by atoms with Gasteiger partial charge in [0.15, 0.2) is 11.0 Å². The predicted octanol–water partition coefficient (Wildman–Crippen LogP) is 1.44. The Morgan fingerprint density at radius 2 is 2.14 bits per heavy atom. The van der Waals surface area contributed by atoms with Crippen molar-refractivity contribution in [1.29, 1.82) is 0 Å². The summed E-state index contributed by atoms with van der Waals surface area (Å²) in [7, 11) is 0. The molecule has 1 aromatic heterocycles. The number of aromatic nitrogens is 2. The van der Waals surface area contributed by atoms with Crippen LogP contribution in [0.5, 0.6) is 0 Å². The van der Waals surface area contributed by atoms with E-state index in [9.17, 15) is 19.6 Å². The second kappa shape index (κ2) is 6.70. The van der Waals surface area contributed by atoms with Gasteiger partial charge in [-0.15, -0.1) is 0 Å². The van der Waals surface area contributed by atoms with E-state index >= 15 is 0 Å². The Balaban J connectivity index is 2.23. The first-order valence-corrected chi connectivity index (χ1v) is 9.92. The molecule has 8 nitrogen and oxygen atoms in total. The van der Waals surface area contributed by atoms with E-state index in [0.29, 0.717) is 5.56 Å². The maximum absolute atomic E-state index is 11.5. The maximum atomic E-state index is 11.5. The summed E-state index contributed by atoms with van der Waals surface area (Å²) in [5.41, 5.74) is -0.0102. The van der Waals surface area contributed by atoms with E-state index in [-0.39, 0.29) is 16.9 Å². The van der Waals surface area contributed by atoms with E-state index in [0.717, 1.165) is 0 Å². The van der Waals surface area contributed by atoms with Gasteiger partial charge in [-0.25, -0.2) is 0 Å². The average Bonchev–Trinajstić information content (AvgIpc) is 2.68. The van der Waals surface area contributed by atoms with Gasteiger partial charge in [0.25, 0.3) is 5.56 Å². The van der Waals surface area contributed by atoms with Gasteiger partial charge in [0.1, 0.15) is 18.3 Å². The highest BCUT2D eigenvalue weighted by atomic mass is 35.9. The van der Waals surface area contributed by atoms with Crippen LogP contribution < -0.4 is 5.56 Å². The number of H-pyrrole nitrogens is 1. The zero-order valence-electron chi connectivity index (χ0n) is 11.2. The topological polar surface area (TPSA) is 114 Å². The summed E-state index contributed by atoms with van der Waals surface area (Å²) >= 11 is 15.5. The predicted molar refractivity (Wildman–Crippen MR) is 81.8 cm³/mol. The first kappa shape index (κ1) is 18.1. The maximum Gasteiger partial charge on any atom is 0.380 e. The van der Waals surface area contributed by atoms with Gasteiger partial charge < -0.3 is 19.5 Å². The highest BCUT2D eigenvalue weighted by molar-refractivity contribution is 8.05. The largest absolute Gasteiger partial charge is 0.387 e. The summed E-state index contributed by atoms with van der Waals surface area (Å²) in [6, 6.07) is 0. The highest BCUT2D eigenvalue weighted by Gasteiger charge is 2.44. The third-order valence-corrected chi connectivity index (χ3v) is 4.49. The summed E-state index contributed by atoms with van der Waals surface area (Å²) in [6.07, 6.45) is -7.11. The Kier molecular flexibility index (Phi) is 5.51. The van der Waals surface area contributed by atoms with Crippen molar-refractivity contribution in [2.24, 2.45) is 0 Å². The van der Waals surface area contributed by atoms with Crippen molar-refractivity contribution < 1.29 is 24.0 Å². The zero-order valence-corrected chi connectivity index (χ0v) is 14.4. The number of nitrogens with zero attached hydrogens (tertiary/aromatic N) is 1. The molecule has 1 saturated heterocycles. The molecule has 0 bridgehead atoms. The monoisotopic (exact) mass is 390 g/mol. The third-order valence-electron chi connectivity index (χ3n) is 3.15. The molecule has 0 unspecified atom stereocenters. The van der Waals surface area contributed by atoms with Crippen LogP contribution in [0.4, 0.5) is 0 Å². The molecule has 22 heavy (non-hydrogen) atoms. The molecule has 12 heteroatoms. The van der Waals surface area contributed by atoms with Crippen molar-refractivity contribution in [2.75, 3.05) is 6.61 Å². The lowest BCUT2D eigenvalue weighted by Crippen LogP contribution is -2.33. The molecule has 1 aromatic rings. The van der Waals surface area contributed by atoms with Crippen LogP contribution in [0.2, 0.25) is 0 Å². The first-order valence-electron chi connectivity index (χ1n) is 6.07. The van der Waals surface area contributed by atoms with Crippen LogP contribution in [0.15, 0.2) is 11.0 Å². The average molecular weight is 391 g/mol. The van der Waals surface area contributed by atoms with E-state index in [4.69, 9.17) is 39.4 Å². The Morgan fingerprint density at radius 3 is 2.73 bits per heavy atom. The van der Waals surface area contributed by atoms with Crippen LogP contribution in [0.1, 0.15) is 11.8 Å². The molecule has 2 heterocycles. The molecule has 0 aliphatic carbocycles. The van der Waals surface area contributed by atoms with Crippen molar-refractivity contribution in [3.8, 4) is 0 Å². The molecule has 1 aliphatic heterocycles. The van der Waals surface area contributed by atoms with E-state index in [1.54, 1.807) is 6.92 Å². The molecule has 1 fully saturated rings. The Labute approximate surface area is 139 Å². The fourth-order valence-corrected chi connectivity index (χ4v) is 2.94.